The van der Waals surface area contributed by atoms with Crippen molar-refractivity contribution in [3.8, 4) is 17.2 Å². The number of carbonyl (C=O) groups excluding carboxylic acids is 6. The minimum absolute atomic E-state index is 0.173. The molecule has 3 aromatic carbocycles. The van der Waals surface area contributed by atoms with E-state index in [-0.39, 0.29) is 40.4 Å². The smallest absolute Gasteiger partial charge is 0.494 e. The zero-order chi connectivity index (χ0) is 47.5. The van der Waals surface area contributed by atoms with Gasteiger partial charge in [-0.3, -0.25) is 0 Å². The molecular formula is C49H58O18. The summed E-state index contributed by atoms with van der Waals surface area (Å²) in [4.78, 5) is 103. The molecule has 0 aromatic heterocycles. The third-order valence-corrected chi connectivity index (χ3v) is 12.3. The van der Waals surface area contributed by atoms with E-state index in [2.05, 4.69) is 0 Å². The molecule has 18 nitrogen and oxygen atoms in total. The van der Waals surface area contributed by atoms with Gasteiger partial charge >= 0.3 is 36.4 Å². The molecule has 0 saturated heterocycles. The van der Waals surface area contributed by atoms with Crippen LogP contribution in [0.25, 0.3) is 0 Å². The minimum Gasteiger partial charge on any atom is -0.494 e. The van der Waals surface area contributed by atoms with E-state index in [9.17, 15) is 28.8 Å². The summed E-state index contributed by atoms with van der Waals surface area (Å²) in [6.07, 6.45) is 3.38. The van der Waals surface area contributed by atoms with Crippen molar-refractivity contribution in [2.45, 2.75) is 116 Å². The molecule has 18 heteroatoms. The van der Waals surface area contributed by atoms with Crippen molar-refractivity contribution in [3.05, 3.63) is 89.5 Å². The first-order valence-electron chi connectivity index (χ1n) is 23.0. The van der Waals surface area contributed by atoms with Gasteiger partial charge in [0.15, 0.2) is 0 Å². The third-order valence-electron chi connectivity index (χ3n) is 12.3. The van der Waals surface area contributed by atoms with Crippen molar-refractivity contribution in [2.24, 2.45) is 23.7 Å². The molecule has 3 aliphatic carbocycles. The van der Waals surface area contributed by atoms with Crippen molar-refractivity contribution in [1.82, 2.24) is 0 Å². The van der Waals surface area contributed by atoms with E-state index in [4.69, 9.17) is 57.7 Å². The highest BCUT2D eigenvalue weighted by Gasteiger charge is 2.42. The normalized spacial score (nSPS) is 21.7. The topological polar surface area (TPSA) is 213 Å². The molecule has 0 bridgehead atoms. The summed E-state index contributed by atoms with van der Waals surface area (Å²) in [5.41, 5.74) is 0.519. The van der Waals surface area contributed by atoms with E-state index >= 15 is 0 Å². The summed E-state index contributed by atoms with van der Waals surface area (Å²) in [5.74, 6) is 0.275. The van der Waals surface area contributed by atoms with Crippen LogP contribution in [-0.4, -0.2) is 74.5 Å². The standard InChI is InChI=1S/C49H58O18/c1-4-56-37-19-13-34(14-20-37)44(50)62-65-47(53)59-40-25-7-31(8-26-40)43(32-9-27-41(28-10-32)60-48(54)66-63-45(51)35-15-21-38(22-16-35)57-5-2)33-11-29-42(30-12-33)61-49(55)67-64-46(52)36-17-23-39(24-18-36)58-6-3/h13-24,31-33,40-43H,4-12,25-30H2,1-3H3. The van der Waals surface area contributed by atoms with Gasteiger partial charge in [-0.05, 0) is 194 Å². The van der Waals surface area contributed by atoms with Crippen LogP contribution in [0.2, 0.25) is 0 Å². The lowest BCUT2D eigenvalue weighted by atomic mass is 9.61. The van der Waals surface area contributed by atoms with Gasteiger partial charge in [-0.15, -0.1) is 0 Å². The quantitative estimate of drug-likeness (QED) is 0.0600. The number of carbonyl (C=O) groups is 6. The van der Waals surface area contributed by atoms with Crippen LogP contribution < -0.4 is 14.2 Å². The number of hydrogen-bond donors (Lipinski definition) is 0. The highest BCUT2D eigenvalue weighted by atomic mass is 17.2. The van der Waals surface area contributed by atoms with Crippen LogP contribution in [0.4, 0.5) is 14.4 Å². The maximum absolute atomic E-state index is 12.6. The molecule has 0 unspecified atom stereocenters. The third kappa shape index (κ3) is 15.2. The van der Waals surface area contributed by atoms with E-state index in [0.29, 0.717) is 75.6 Å². The van der Waals surface area contributed by atoms with Gasteiger partial charge in [-0.25, -0.2) is 43.7 Å². The second-order valence-corrected chi connectivity index (χ2v) is 16.5. The van der Waals surface area contributed by atoms with E-state index in [1.807, 2.05) is 20.8 Å². The lowest BCUT2D eigenvalue weighted by Gasteiger charge is -2.45. The number of ether oxygens (including phenoxy) is 6. The largest absolute Gasteiger partial charge is 0.550 e. The molecule has 0 atom stereocenters. The van der Waals surface area contributed by atoms with Crippen molar-refractivity contribution >= 4 is 36.4 Å². The molecule has 0 heterocycles. The Balaban J connectivity index is 0.985. The summed E-state index contributed by atoms with van der Waals surface area (Å²) >= 11 is 0. The van der Waals surface area contributed by atoms with Gasteiger partial charge in [0.1, 0.15) is 35.6 Å². The molecular weight excluding hydrogens is 877 g/mol. The predicted octanol–water partition coefficient (Wildman–Crippen LogP) is 10.3. The van der Waals surface area contributed by atoms with Crippen molar-refractivity contribution < 1.29 is 86.5 Å². The fourth-order valence-corrected chi connectivity index (χ4v) is 9.32. The number of hydrogen-bond acceptors (Lipinski definition) is 18. The van der Waals surface area contributed by atoms with Crippen LogP contribution in [0, 0.1) is 23.7 Å². The highest BCUT2D eigenvalue weighted by molar-refractivity contribution is 5.90. The Bertz CT molecular complexity index is 1830. The van der Waals surface area contributed by atoms with Crippen molar-refractivity contribution in [1.29, 1.82) is 0 Å². The maximum atomic E-state index is 12.6. The summed E-state index contributed by atoms with van der Waals surface area (Å²) in [6.45, 7) is 6.95. The molecule has 362 valence electrons. The van der Waals surface area contributed by atoms with Crippen LogP contribution in [0.1, 0.15) is 129 Å². The summed E-state index contributed by atoms with van der Waals surface area (Å²) in [5, 5.41) is 0. The van der Waals surface area contributed by atoms with Gasteiger partial charge in [0, 0.05) is 0 Å². The molecule has 6 rings (SSSR count). The van der Waals surface area contributed by atoms with Crippen LogP contribution >= 0.6 is 0 Å². The predicted molar refractivity (Wildman–Crippen MR) is 233 cm³/mol. The fourth-order valence-electron chi connectivity index (χ4n) is 9.32. The Kier molecular flexibility index (Phi) is 18.7. The Labute approximate surface area is 388 Å². The van der Waals surface area contributed by atoms with E-state index in [1.165, 1.54) is 36.4 Å². The monoisotopic (exact) mass is 934 g/mol. The minimum atomic E-state index is -1.11. The van der Waals surface area contributed by atoms with E-state index < -0.39 is 54.7 Å². The van der Waals surface area contributed by atoms with E-state index in [1.54, 1.807) is 36.4 Å². The van der Waals surface area contributed by atoms with Gasteiger partial charge in [0.05, 0.1) is 36.5 Å². The van der Waals surface area contributed by atoms with Gasteiger partial charge in [-0.2, -0.15) is 14.4 Å². The van der Waals surface area contributed by atoms with Gasteiger partial charge < -0.3 is 28.4 Å². The highest BCUT2D eigenvalue weighted by Crippen LogP contribution is 2.48. The second kappa shape index (κ2) is 25.3. The second-order valence-electron chi connectivity index (χ2n) is 16.5. The molecule has 3 aliphatic rings. The molecule has 67 heavy (non-hydrogen) atoms. The number of rotatable bonds is 15. The van der Waals surface area contributed by atoms with E-state index in [0.717, 1.165) is 38.5 Å². The maximum Gasteiger partial charge on any atom is 0.550 e. The average molecular weight is 935 g/mol. The fraction of sp³-hybridized carbons (Fsp3) is 0.510. The summed E-state index contributed by atoms with van der Waals surface area (Å²) < 4.78 is 32.8. The van der Waals surface area contributed by atoms with Crippen molar-refractivity contribution in [2.75, 3.05) is 19.8 Å². The van der Waals surface area contributed by atoms with Gasteiger partial charge in [0.25, 0.3) is 0 Å². The first kappa shape index (κ1) is 49.7. The van der Waals surface area contributed by atoms with Crippen molar-refractivity contribution in [3.63, 3.8) is 0 Å². The summed E-state index contributed by atoms with van der Waals surface area (Å²) in [7, 11) is 0. The van der Waals surface area contributed by atoms with Crippen LogP contribution in [0.5, 0.6) is 17.2 Å². The van der Waals surface area contributed by atoms with Gasteiger partial charge in [0.2, 0.25) is 0 Å². The van der Waals surface area contributed by atoms with Crippen LogP contribution in [0.3, 0.4) is 0 Å². The van der Waals surface area contributed by atoms with Gasteiger partial charge in [-0.1, -0.05) is 0 Å². The van der Waals surface area contributed by atoms with Crippen LogP contribution in [-0.2, 0) is 43.5 Å². The van der Waals surface area contributed by atoms with Crippen LogP contribution in [0.15, 0.2) is 72.8 Å². The summed E-state index contributed by atoms with van der Waals surface area (Å²) in [6, 6.07) is 18.6. The Morgan fingerprint density at radius 3 is 0.836 bits per heavy atom. The molecule has 3 aromatic rings. The molecule has 0 spiro atoms. The molecule has 0 amide bonds. The molecule has 0 radical (unpaired) electrons. The molecule has 0 N–H and O–H groups in total. The molecule has 0 aliphatic heterocycles. The Morgan fingerprint density at radius 1 is 0.373 bits per heavy atom. The lowest BCUT2D eigenvalue weighted by Crippen LogP contribution is -2.39. The zero-order valence-electron chi connectivity index (χ0n) is 37.9. The first-order valence-corrected chi connectivity index (χ1v) is 23.0. The zero-order valence-corrected chi connectivity index (χ0v) is 37.9. The first-order chi connectivity index (χ1) is 32.5. The SMILES string of the molecule is CCOc1ccc(C(=O)OOC(=O)OC2CCC(C(C3CCC(OC(=O)OOC(=O)c4ccc(OCC)cc4)CC3)C3CCC(OC(=O)OOC(=O)c4ccc(OCC)cc4)CC3)CC2)cc1. The lowest BCUT2D eigenvalue weighted by molar-refractivity contribution is -0.209. The molecule has 3 saturated carbocycles. The molecule has 3 fully saturated rings. The average Bonchev–Trinajstić information content (AvgIpc) is 3.34. The number of benzene rings is 3. The Morgan fingerprint density at radius 2 is 0.612 bits per heavy atom. The Hall–Kier alpha value is -6.72.